The minimum Gasteiger partial charge on any atom is -0.462 e. The second-order valence-corrected chi connectivity index (χ2v) is 26.1. The zero-order valence-electron chi connectivity index (χ0n) is 59.6. The second-order valence-electron chi connectivity index (χ2n) is 26.1. The van der Waals surface area contributed by atoms with Gasteiger partial charge in [0.2, 0.25) is 0 Å². The molecule has 0 aliphatic carbocycles. The summed E-state index contributed by atoms with van der Waals surface area (Å²) in [7, 11) is 0. The summed E-state index contributed by atoms with van der Waals surface area (Å²) in [5.41, 5.74) is 0. The first-order chi connectivity index (χ1) is 44.6. The fraction of sp³-hybridized carbons (Fsp3) is 0.741. The average Bonchev–Trinajstić information content (AvgIpc) is 3.59. The molecule has 1 unspecified atom stereocenters. The van der Waals surface area contributed by atoms with Crippen LogP contribution in [0.15, 0.2) is 122 Å². The monoisotopic (exact) mass is 1250 g/mol. The van der Waals surface area contributed by atoms with Crippen LogP contribution in [-0.4, -0.2) is 36.4 Å². The van der Waals surface area contributed by atoms with Crippen molar-refractivity contribution < 1.29 is 24.2 Å². The van der Waals surface area contributed by atoms with Crippen molar-refractivity contribution in [3.8, 4) is 0 Å². The van der Waals surface area contributed by atoms with E-state index in [4.69, 9.17) is 9.47 Å². The summed E-state index contributed by atoms with van der Waals surface area (Å²) >= 11 is 0. The van der Waals surface area contributed by atoms with Crippen LogP contribution in [0.3, 0.4) is 0 Å². The fourth-order valence-corrected chi connectivity index (χ4v) is 11.4. The molecule has 0 aromatic heterocycles. The Bertz CT molecular complexity index is 1750. The molecule has 0 aliphatic heterocycles. The molecule has 0 saturated carbocycles. The second kappa shape index (κ2) is 79.5. The van der Waals surface area contributed by atoms with Crippen LogP contribution in [-0.2, 0) is 19.1 Å². The number of esters is 2. The van der Waals surface area contributed by atoms with Crippen molar-refractivity contribution in [1.82, 2.24) is 0 Å². The van der Waals surface area contributed by atoms with Gasteiger partial charge in [-0.05, 0) is 109 Å². The largest absolute Gasteiger partial charge is 0.462 e. The first-order valence-corrected chi connectivity index (χ1v) is 39.1. The molecule has 0 aromatic carbocycles. The smallest absolute Gasteiger partial charge is 0.306 e. The quantitative estimate of drug-likeness (QED) is 0.0373. The van der Waals surface area contributed by atoms with Gasteiger partial charge in [-0.2, -0.15) is 0 Å². The van der Waals surface area contributed by atoms with Gasteiger partial charge in [-0.25, -0.2) is 0 Å². The normalized spacial score (nSPS) is 12.9. The molecule has 0 rings (SSSR count). The molecule has 0 aliphatic rings. The summed E-state index contributed by atoms with van der Waals surface area (Å²) in [5.74, 6) is -0.575. The molecule has 5 heteroatoms. The highest BCUT2D eigenvalue weighted by Gasteiger charge is 2.16. The van der Waals surface area contributed by atoms with Gasteiger partial charge in [-0.15, -0.1) is 0 Å². The van der Waals surface area contributed by atoms with Crippen molar-refractivity contribution in [1.29, 1.82) is 0 Å². The van der Waals surface area contributed by atoms with Gasteiger partial charge in [0, 0.05) is 12.8 Å². The predicted molar refractivity (Wildman–Crippen MR) is 398 cm³/mol. The van der Waals surface area contributed by atoms with Gasteiger partial charge in [0.1, 0.15) is 6.61 Å². The maximum atomic E-state index is 12.4. The molecule has 0 heterocycles. The van der Waals surface area contributed by atoms with Crippen molar-refractivity contribution in [2.45, 2.75) is 392 Å². The predicted octanol–water partition coefficient (Wildman–Crippen LogP) is 27.7. The third-order valence-electron chi connectivity index (χ3n) is 17.2. The number of hydrogen-bond acceptors (Lipinski definition) is 5. The van der Waals surface area contributed by atoms with E-state index < -0.39 is 6.10 Å². The molecule has 0 bridgehead atoms. The molecule has 90 heavy (non-hydrogen) atoms. The summed E-state index contributed by atoms with van der Waals surface area (Å²) in [6.07, 6.45) is 117. The Morgan fingerprint density at radius 3 is 0.722 bits per heavy atom. The molecular formula is C85H148O5. The van der Waals surface area contributed by atoms with Crippen LogP contribution >= 0.6 is 0 Å². The fourth-order valence-electron chi connectivity index (χ4n) is 11.4. The lowest BCUT2D eigenvalue weighted by atomic mass is 10.0. The number of carbonyl (C=O) groups excluding carboxylic acids is 2. The summed E-state index contributed by atoms with van der Waals surface area (Å²) < 4.78 is 10.8. The molecule has 0 fully saturated rings. The Hall–Kier alpha value is -3.70. The molecule has 1 atom stereocenters. The number of carbonyl (C=O) groups is 2. The molecule has 0 spiro atoms. The number of allylic oxidation sites excluding steroid dienone is 20. The van der Waals surface area contributed by atoms with E-state index in [9.17, 15) is 14.7 Å². The van der Waals surface area contributed by atoms with Crippen molar-refractivity contribution >= 4 is 11.9 Å². The number of ether oxygens (including phenoxy) is 2. The van der Waals surface area contributed by atoms with Gasteiger partial charge >= 0.3 is 11.9 Å². The lowest BCUT2D eigenvalue weighted by Crippen LogP contribution is -2.28. The molecule has 5 nitrogen and oxygen atoms in total. The highest BCUT2D eigenvalue weighted by Crippen LogP contribution is 2.19. The average molecular weight is 1250 g/mol. The topological polar surface area (TPSA) is 72.8 Å². The van der Waals surface area contributed by atoms with Gasteiger partial charge in [-0.3, -0.25) is 9.59 Å². The molecule has 0 amide bonds. The molecule has 518 valence electrons. The van der Waals surface area contributed by atoms with Crippen LogP contribution in [0.1, 0.15) is 386 Å². The van der Waals surface area contributed by atoms with Gasteiger partial charge in [0.25, 0.3) is 0 Å². The van der Waals surface area contributed by atoms with Crippen LogP contribution in [0, 0.1) is 0 Å². The lowest BCUT2D eigenvalue weighted by molar-refractivity contribution is -0.161. The summed E-state index contributed by atoms with van der Waals surface area (Å²) in [6, 6.07) is 0. The van der Waals surface area contributed by atoms with Crippen LogP contribution in [0.5, 0.6) is 0 Å². The Morgan fingerprint density at radius 1 is 0.267 bits per heavy atom. The molecule has 0 saturated heterocycles. The Kier molecular flexibility index (Phi) is 76.3. The SMILES string of the molecule is CC/C=C\C/C=C\C/C=C\C/C=C\C/C=C\C/C=C\C/C=C\CCCCCCCCCCCCCCCCCCCC(=O)OC(CO)COC(=O)CCCCCCCCCCCCCCCCCCCCCCCC/C=C\C/C=C\C/C=C\CCCCCCC. The van der Waals surface area contributed by atoms with E-state index in [0.29, 0.717) is 12.8 Å². The first kappa shape index (κ1) is 86.3. The van der Waals surface area contributed by atoms with E-state index in [2.05, 4.69) is 135 Å². The van der Waals surface area contributed by atoms with Gasteiger partial charge in [0.05, 0.1) is 6.61 Å². The van der Waals surface area contributed by atoms with Crippen molar-refractivity contribution in [3.63, 3.8) is 0 Å². The van der Waals surface area contributed by atoms with E-state index in [1.807, 2.05) is 0 Å². The minimum atomic E-state index is -0.777. The van der Waals surface area contributed by atoms with Gasteiger partial charge in [0.15, 0.2) is 6.10 Å². The summed E-state index contributed by atoms with van der Waals surface area (Å²) in [6.45, 7) is 4.05. The van der Waals surface area contributed by atoms with Crippen LogP contribution in [0.2, 0.25) is 0 Å². The van der Waals surface area contributed by atoms with Crippen molar-refractivity contribution in [2.24, 2.45) is 0 Å². The Morgan fingerprint density at radius 2 is 0.478 bits per heavy atom. The van der Waals surface area contributed by atoms with E-state index >= 15 is 0 Å². The maximum Gasteiger partial charge on any atom is 0.306 e. The maximum absolute atomic E-state index is 12.4. The number of hydrogen-bond donors (Lipinski definition) is 1. The molecule has 1 N–H and O–H groups in total. The lowest BCUT2D eigenvalue weighted by Gasteiger charge is -2.15. The standard InChI is InChI=1S/C85H148O5/c1-3-5-7-9-11-13-15-17-19-21-23-25-27-29-31-33-35-37-39-41-42-44-46-48-50-52-54-56-58-60-62-64-66-68-70-72-74-76-78-80-85(88)90-83(81-86)82-89-84(87)79-77-75-73-71-69-67-65-63-61-59-57-55-53-51-49-47-45-43-40-38-36-34-32-30-28-26-24-22-20-18-16-14-12-10-8-6-4-2/h5,7,11,13,16-19,22-25,28-31,35,37,41-42,83,86H,3-4,6,8-10,12,14-15,20-21,26-27,32-34,36,38-40,43-82H2,1-2H3/b7-5-,13-11-,18-16-,19-17-,24-22-,25-23-,30-28-,31-29-,37-35-,42-41-. The van der Waals surface area contributed by atoms with Crippen molar-refractivity contribution in [3.05, 3.63) is 122 Å². The van der Waals surface area contributed by atoms with E-state index in [1.54, 1.807) is 0 Å². The van der Waals surface area contributed by atoms with Gasteiger partial charge < -0.3 is 14.6 Å². The molecule has 0 aromatic rings. The van der Waals surface area contributed by atoms with E-state index in [0.717, 1.165) is 96.3 Å². The van der Waals surface area contributed by atoms with Crippen LogP contribution in [0.4, 0.5) is 0 Å². The van der Waals surface area contributed by atoms with E-state index in [-0.39, 0.29) is 25.2 Å². The van der Waals surface area contributed by atoms with Crippen LogP contribution < -0.4 is 0 Å². The van der Waals surface area contributed by atoms with E-state index in [1.165, 1.54) is 263 Å². The number of aliphatic hydroxyl groups excluding tert-OH is 1. The molecular weight excluding hydrogens is 1100 g/mol. The number of aliphatic hydroxyl groups is 1. The number of unbranched alkanes of at least 4 members (excludes halogenated alkanes) is 44. The third kappa shape index (κ3) is 76.8. The van der Waals surface area contributed by atoms with Gasteiger partial charge in [-0.1, -0.05) is 386 Å². The summed E-state index contributed by atoms with van der Waals surface area (Å²) in [4.78, 5) is 24.7. The van der Waals surface area contributed by atoms with Crippen molar-refractivity contribution in [2.75, 3.05) is 13.2 Å². The third-order valence-corrected chi connectivity index (χ3v) is 17.2. The number of rotatable bonds is 72. The highest BCUT2D eigenvalue weighted by atomic mass is 16.6. The zero-order valence-corrected chi connectivity index (χ0v) is 59.6. The summed E-state index contributed by atoms with van der Waals surface area (Å²) in [5, 5.41) is 9.73. The Balaban J connectivity index is 3.43. The Labute approximate surface area is 560 Å². The zero-order chi connectivity index (χ0) is 64.7. The first-order valence-electron chi connectivity index (χ1n) is 39.1. The highest BCUT2D eigenvalue weighted by molar-refractivity contribution is 5.70. The molecule has 0 radical (unpaired) electrons. The van der Waals surface area contributed by atoms with Crippen LogP contribution in [0.25, 0.3) is 0 Å². The minimum absolute atomic E-state index is 0.0650.